The van der Waals surface area contributed by atoms with Crippen LogP contribution in [0, 0.1) is 30.5 Å². The van der Waals surface area contributed by atoms with Crippen LogP contribution >= 0.6 is 15.9 Å². The smallest absolute Gasteiger partial charge is 0.222 e. The molecule has 2 atom stereocenters. The second kappa shape index (κ2) is 14.6. The lowest BCUT2D eigenvalue weighted by atomic mass is 10.0. The zero-order valence-corrected chi connectivity index (χ0v) is 26.3. The minimum absolute atomic E-state index is 0.268. The molecule has 2 fully saturated rings. The lowest BCUT2D eigenvalue weighted by molar-refractivity contribution is -0.130. The number of rotatable bonds is 11. The van der Waals surface area contributed by atoms with Crippen LogP contribution in [0.5, 0.6) is 0 Å². The molecule has 2 unspecified atom stereocenters. The number of fused-ring (bicyclic) bond motifs is 1. The van der Waals surface area contributed by atoms with Gasteiger partial charge < -0.3 is 19.7 Å². The first-order valence-corrected chi connectivity index (χ1v) is 14.6. The summed E-state index contributed by atoms with van der Waals surface area (Å²) in [6.07, 6.45) is 7.98. The molecule has 0 spiro atoms. The molecule has 1 aromatic carbocycles. The summed E-state index contributed by atoms with van der Waals surface area (Å²) in [4.78, 5) is 23.0. The molecular formula is C31H42BrFN4O3. The lowest BCUT2D eigenvalue weighted by Gasteiger charge is -2.19. The van der Waals surface area contributed by atoms with Crippen LogP contribution in [0.2, 0.25) is 0 Å². The lowest BCUT2D eigenvalue weighted by Crippen LogP contribution is -2.29. The summed E-state index contributed by atoms with van der Waals surface area (Å²) >= 11 is 3.36. The van der Waals surface area contributed by atoms with Gasteiger partial charge in [-0.05, 0) is 95.1 Å². The normalized spacial score (nSPS) is 22.5. The van der Waals surface area contributed by atoms with Crippen molar-refractivity contribution in [3.8, 4) is 0 Å². The molecule has 1 aliphatic carbocycles. The SMILES string of the molecule is CCC(=O)N1CC2CC(CO/C(C)=C/C(C)=N/C=N\C(Nc3ccc(Br)c(C)c3F)=C(C)\C=C(/C)OC)CC2C1. The average molecular weight is 618 g/mol. The van der Waals surface area contributed by atoms with Crippen LogP contribution in [0.1, 0.15) is 59.4 Å². The van der Waals surface area contributed by atoms with E-state index in [0.29, 0.717) is 58.1 Å². The molecule has 0 bridgehead atoms. The van der Waals surface area contributed by atoms with E-state index in [-0.39, 0.29) is 11.7 Å². The number of aliphatic imine (C=N–C) groups is 2. The first-order chi connectivity index (χ1) is 19.0. The maximum absolute atomic E-state index is 14.9. The van der Waals surface area contributed by atoms with Crippen molar-refractivity contribution in [1.82, 2.24) is 4.90 Å². The van der Waals surface area contributed by atoms with Crippen molar-refractivity contribution < 1.29 is 18.7 Å². The quantitative estimate of drug-likeness (QED) is 0.122. The van der Waals surface area contributed by atoms with E-state index in [1.54, 1.807) is 26.2 Å². The van der Waals surface area contributed by atoms with E-state index in [9.17, 15) is 9.18 Å². The van der Waals surface area contributed by atoms with Crippen molar-refractivity contribution in [3.63, 3.8) is 0 Å². The van der Waals surface area contributed by atoms with Gasteiger partial charge in [0.2, 0.25) is 5.91 Å². The minimum atomic E-state index is -0.352. The van der Waals surface area contributed by atoms with Gasteiger partial charge in [-0.25, -0.2) is 14.4 Å². The third kappa shape index (κ3) is 8.53. The number of halogens is 2. The Hall–Kier alpha value is -2.94. The molecule has 40 heavy (non-hydrogen) atoms. The second-order valence-electron chi connectivity index (χ2n) is 10.7. The van der Waals surface area contributed by atoms with Gasteiger partial charge in [0, 0.05) is 35.3 Å². The molecule has 1 N–H and O–H groups in total. The van der Waals surface area contributed by atoms with Crippen molar-refractivity contribution in [3.05, 3.63) is 63.1 Å². The van der Waals surface area contributed by atoms with Crippen molar-refractivity contribution in [2.45, 2.75) is 60.8 Å². The number of benzene rings is 1. The number of methoxy groups -OCH3 is 1. The third-order valence-corrected chi connectivity index (χ3v) is 8.46. The van der Waals surface area contributed by atoms with Crippen molar-refractivity contribution in [2.75, 3.05) is 32.1 Å². The Kier molecular flexibility index (Phi) is 11.5. The zero-order valence-electron chi connectivity index (χ0n) is 24.7. The fourth-order valence-corrected chi connectivity index (χ4v) is 5.65. The number of carbonyl (C=O) groups is 1. The van der Waals surface area contributed by atoms with Crippen molar-refractivity contribution in [2.24, 2.45) is 27.7 Å². The molecule has 1 amide bonds. The van der Waals surface area contributed by atoms with Gasteiger partial charge in [-0.1, -0.05) is 22.9 Å². The summed E-state index contributed by atoms with van der Waals surface area (Å²) < 4.78 is 26.9. The summed E-state index contributed by atoms with van der Waals surface area (Å²) in [6, 6.07) is 3.46. The molecule has 1 aliphatic heterocycles. The monoisotopic (exact) mass is 616 g/mol. The number of hydrogen-bond acceptors (Lipinski definition) is 5. The number of amides is 1. The highest BCUT2D eigenvalue weighted by Gasteiger charge is 2.42. The van der Waals surface area contributed by atoms with Gasteiger partial charge in [0.15, 0.2) is 5.82 Å². The Bertz CT molecular complexity index is 1220. The van der Waals surface area contributed by atoms with E-state index in [2.05, 4.69) is 31.2 Å². The molecule has 1 heterocycles. The maximum Gasteiger partial charge on any atom is 0.222 e. The molecule has 3 rings (SSSR count). The number of likely N-dealkylation sites (tertiary alicyclic amines) is 1. The number of hydrogen-bond donors (Lipinski definition) is 1. The summed E-state index contributed by atoms with van der Waals surface area (Å²) in [5, 5.41) is 3.09. The highest BCUT2D eigenvalue weighted by atomic mass is 79.9. The molecule has 2 aliphatic rings. The van der Waals surface area contributed by atoms with Crippen LogP contribution in [0.3, 0.4) is 0 Å². The van der Waals surface area contributed by atoms with E-state index in [1.807, 2.05) is 51.7 Å². The first kappa shape index (κ1) is 31.6. The highest BCUT2D eigenvalue weighted by molar-refractivity contribution is 9.10. The van der Waals surface area contributed by atoms with Crippen LogP contribution in [-0.4, -0.2) is 49.7 Å². The molecule has 218 valence electrons. The number of nitrogens with zero attached hydrogens (tertiary/aromatic N) is 3. The Balaban J connectivity index is 1.62. The van der Waals surface area contributed by atoms with Crippen molar-refractivity contribution >= 4 is 39.6 Å². The van der Waals surface area contributed by atoms with E-state index in [1.165, 1.54) is 6.34 Å². The minimum Gasteiger partial charge on any atom is -0.501 e. The molecule has 1 aromatic rings. The number of carbonyl (C=O) groups excluding carboxylic acids is 1. The fraction of sp³-hybridized carbons (Fsp3) is 0.516. The maximum atomic E-state index is 14.9. The Labute approximate surface area is 246 Å². The molecule has 9 heteroatoms. The van der Waals surface area contributed by atoms with Gasteiger partial charge in [-0.2, -0.15) is 0 Å². The molecule has 1 saturated carbocycles. The van der Waals surface area contributed by atoms with E-state index in [4.69, 9.17) is 9.47 Å². The van der Waals surface area contributed by atoms with Gasteiger partial charge in [0.1, 0.15) is 12.2 Å². The molecule has 1 saturated heterocycles. The van der Waals surface area contributed by atoms with Crippen LogP contribution in [0.25, 0.3) is 0 Å². The predicted molar refractivity (Wildman–Crippen MR) is 164 cm³/mol. The van der Waals surface area contributed by atoms with Crippen LogP contribution in [0.4, 0.5) is 10.1 Å². The first-order valence-electron chi connectivity index (χ1n) is 13.8. The Morgan fingerprint density at radius 1 is 1.15 bits per heavy atom. The molecule has 0 aromatic heterocycles. The van der Waals surface area contributed by atoms with Crippen LogP contribution in [0.15, 0.2) is 61.7 Å². The summed E-state index contributed by atoms with van der Waals surface area (Å²) in [5.74, 6) is 3.59. The fourth-order valence-electron chi connectivity index (χ4n) is 5.34. The number of nitrogens with one attached hydrogen (secondary N) is 1. The third-order valence-electron chi connectivity index (χ3n) is 7.60. The summed E-state index contributed by atoms with van der Waals surface area (Å²) in [6.45, 7) is 13.6. The summed E-state index contributed by atoms with van der Waals surface area (Å²) in [5.41, 5.74) is 2.34. The number of allylic oxidation sites excluding steroid dienone is 5. The average Bonchev–Trinajstić information content (AvgIpc) is 3.50. The Morgan fingerprint density at radius 2 is 1.82 bits per heavy atom. The van der Waals surface area contributed by atoms with Gasteiger partial charge in [-0.3, -0.25) is 4.79 Å². The van der Waals surface area contributed by atoms with E-state index < -0.39 is 0 Å². The van der Waals surface area contributed by atoms with Crippen LogP contribution in [-0.2, 0) is 14.3 Å². The van der Waals surface area contributed by atoms with E-state index in [0.717, 1.165) is 43.0 Å². The van der Waals surface area contributed by atoms with E-state index >= 15 is 0 Å². The number of ether oxygens (including phenoxy) is 2. The standard InChI is InChI=1S/C31H42BrFN4O3/c1-8-29(38)37-15-25-13-24(14-26(25)16-37)17-40-22(5)12-20(3)34-18-35-31(19(2)11-21(4)39-7)36-28-10-9-27(32)23(6)30(28)33/h9-12,18,24-26,36H,8,13-17H2,1-7H3/b21-11+,22-12+,31-19-,34-20+,35-18-. The van der Waals surface area contributed by atoms with Gasteiger partial charge in [0.25, 0.3) is 0 Å². The number of anilines is 1. The molecule has 7 nitrogen and oxygen atoms in total. The summed E-state index contributed by atoms with van der Waals surface area (Å²) in [7, 11) is 1.60. The van der Waals surface area contributed by atoms with Gasteiger partial charge >= 0.3 is 0 Å². The van der Waals surface area contributed by atoms with Gasteiger partial charge in [0.05, 0.1) is 30.9 Å². The molecule has 0 radical (unpaired) electrons. The predicted octanol–water partition coefficient (Wildman–Crippen LogP) is 7.39. The van der Waals surface area contributed by atoms with Crippen LogP contribution < -0.4 is 5.32 Å². The van der Waals surface area contributed by atoms with Crippen molar-refractivity contribution in [1.29, 1.82) is 0 Å². The second-order valence-corrected chi connectivity index (χ2v) is 11.6. The Morgan fingerprint density at radius 3 is 2.45 bits per heavy atom. The topological polar surface area (TPSA) is 75.5 Å². The largest absolute Gasteiger partial charge is 0.501 e. The van der Waals surface area contributed by atoms with Gasteiger partial charge in [-0.15, -0.1) is 0 Å². The zero-order chi connectivity index (χ0) is 29.4. The molecular weight excluding hydrogens is 575 g/mol. The highest BCUT2D eigenvalue weighted by Crippen LogP contribution is 2.42.